The molecule has 7 nitrogen and oxygen atoms in total. The van der Waals surface area contributed by atoms with Gasteiger partial charge in [0.1, 0.15) is 10.8 Å². The molecule has 0 spiro atoms. The molecule has 0 aliphatic carbocycles. The maximum absolute atomic E-state index is 12.9. The van der Waals surface area contributed by atoms with E-state index in [-0.39, 0.29) is 23.6 Å². The molecule has 1 aliphatic rings. The molecular weight excluding hydrogens is 371 g/mol. The summed E-state index contributed by atoms with van der Waals surface area (Å²) in [6, 6.07) is 5.96. The highest BCUT2D eigenvalue weighted by molar-refractivity contribution is 7.13. The van der Waals surface area contributed by atoms with Gasteiger partial charge >= 0.3 is 5.97 Å². The highest BCUT2D eigenvalue weighted by atomic mass is 32.1. The third-order valence-corrected chi connectivity index (χ3v) is 5.42. The lowest BCUT2D eigenvalue weighted by Gasteiger charge is -2.29. The van der Waals surface area contributed by atoms with Crippen molar-refractivity contribution in [1.29, 1.82) is 0 Å². The monoisotopic (exact) mass is 392 g/mol. The fourth-order valence-electron chi connectivity index (χ4n) is 2.95. The van der Waals surface area contributed by atoms with Gasteiger partial charge in [-0.1, -0.05) is 23.5 Å². The Morgan fingerprint density at radius 2 is 1.96 bits per heavy atom. The van der Waals surface area contributed by atoms with Gasteiger partial charge in [-0.25, -0.2) is 4.39 Å². The van der Waals surface area contributed by atoms with Gasteiger partial charge in [-0.3, -0.25) is 14.5 Å². The molecule has 2 heterocycles. The number of carbonyl (C=O) groups excluding carboxylic acids is 2. The van der Waals surface area contributed by atoms with Crippen molar-refractivity contribution in [2.75, 3.05) is 20.2 Å². The first kappa shape index (κ1) is 19.4. The molecule has 9 heteroatoms. The Labute approximate surface area is 160 Å². The second kappa shape index (κ2) is 9.01. The molecule has 3 rings (SSSR count). The summed E-state index contributed by atoms with van der Waals surface area (Å²) in [5.41, 5.74) is 0.808. The number of nitrogens with zero attached hydrogens (tertiary/aromatic N) is 3. The van der Waals surface area contributed by atoms with Crippen molar-refractivity contribution >= 4 is 23.2 Å². The molecule has 0 saturated carbocycles. The number of methoxy groups -OCH3 is 1. The molecule has 1 fully saturated rings. The predicted octanol–water partition coefficient (Wildman–Crippen LogP) is 1.99. The van der Waals surface area contributed by atoms with E-state index in [9.17, 15) is 14.0 Å². The molecule has 1 N–H and O–H groups in total. The molecule has 0 radical (unpaired) electrons. The quantitative estimate of drug-likeness (QED) is 0.757. The van der Waals surface area contributed by atoms with Gasteiger partial charge in [-0.2, -0.15) is 0 Å². The number of benzene rings is 1. The second-order valence-electron chi connectivity index (χ2n) is 6.38. The number of esters is 1. The second-order valence-corrected chi connectivity index (χ2v) is 7.45. The molecule has 1 aliphatic heterocycles. The van der Waals surface area contributed by atoms with Crippen LogP contribution in [0.5, 0.6) is 0 Å². The summed E-state index contributed by atoms with van der Waals surface area (Å²) in [4.78, 5) is 26.0. The van der Waals surface area contributed by atoms with Crippen LogP contribution in [-0.4, -0.2) is 47.2 Å². The number of likely N-dealkylation sites (tertiary alicyclic amines) is 1. The number of ether oxygens (including phenoxy) is 1. The number of hydrogen-bond acceptors (Lipinski definition) is 7. The van der Waals surface area contributed by atoms with Crippen LogP contribution in [0.4, 0.5) is 4.39 Å². The van der Waals surface area contributed by atoms with E-state index in [0.29, 0.717) is 18.1 Å². The zero-order valence-corrected chi connectivity index (χ0v) is 15.8. The van der Waals surface area contributed by atoms with E-state index in [4.69, 9.17) is 4.74 Å². The van der Waals surface area contributed by atoms with Gasteiger partial charge < -0.3 is 10.1 Å². The van der Waals surface area contributed by atoms with Crippen molar-refractivity contribution in [3.63, 3.8) is 0 Å². The number of amides is 1. The highest BCUT2D eigenvalue weighted by Gasteiger charge is 2.26. The van der Waals surface area contributed by atoms with Gasteiger partial charge in [0.25, 0.3) is 5.91 Å². The normalized spacial score (nSPS) is 15.5. The van der Waals surface area contributed by atoms with Crippen molar-refractivity contribution in [2.24, 2.45) is 5.92 Å². The molecule has 1 saturated heterocycles. The third-order valence-electron chi connectivity index (χ3n) is 4.51. The van der Waals surface area contributed by atoms with Gasteiger partial charge in [0.05, 0.1) is 19.6 Å². The summed E-state index contributed by atoms with van der Waals surface area (Å²) in [5.74, 6) is -0.791. The van der Waals surface area contributed by atoms with Crippen molar-refractivity contribution in [3.8, 4) is 0 Å². The van der Waals surface area contributed by atoms with Gasteiger partial charge in [0, 0.05) is 6.54 Å². The summed E-state index contributed by atoms with van der Waals surface area (Å²) in [6.07, 6.45) is 1.52. The SMILES string of the molecule is COC(=O)C1CCN(Cc2nnc(C(=O)NCc3ccc(F)cc3)s2)CC1. The molecule has 0 bridgehead atoms. The van der Waals surface area contributed by atoms with Gasteiger partial charge in [0.15, 0.2) is 0 Å². The van der Waals surface area contributed by atoms with Gasteiger partial charge in [-0.15, -0.1) is 10.2 Å². The first-order chi connectivity index (χ1) is 13.0. The molecule has 1 amide bonds. The zero-order valence-electron chi connectivity index (χ0n) is 15.0. The number of rotatable bonds is 6. The van der Waals surface area contributed by atoms with E-state index in [2.05, 4.69) is 20.4 Å². The first-order valence-corrected chi connectivity index (χ1v) is 9.52. The average molecular weight is 392 g/mol. The Balaban J connectivity index is 1.47. The summed E-state index contributed by atoms with van der Waals surface area (Å²) in [7, 11) is 1.42. The summed E-state index contributed by atoms with van der Waals surface area (Å²) in [6.45, 7) is 2.47. The first-order valence-electron chi connectivity index (χ1n) is 8.70. The Bertz CT molecular complexity index is 788. The van der Waals surface area contributed by atoms with Crippen molar-refractivity contribution in [1.82, 2.24) is 20.4 Å². The predicted molar refractivity (Wildman–Crippen MR) is 97.5 cm³/mol. The van der Waals surface area contributed by atoms with Crippen LogP contribution in [0.3, 0.4) is 0 Å². The number of halogens is 1. The molecule has 2 aromatic rings. The van der Waals surface area contributed by atoms with Gasteiger partial charge in [-0.05, 0) is 43.6 Å². The number of aromatic nitrogens is 2. The third kappa shape index (κ3) is 5.30. The van der Waals surface area contributed by atoms with E-state index >= 15 is 0 Å². The summed E-state index contributed by atoms with van der Waals surface area (Å²) < 4.78 is 17.7. The number of nitrogens with one attached hydrogen (secondary N) is 1. The summed E-state index contributed by atoms with van der Waals surface area (Å²) >= 11 is 1.26. The molecule has 0 unspecified atom stereocenters. The van der Waals surface area contributed by atoms with Crippen LogP contribution in [0, 0.1) is 11.7 Å². The zero-order chi connectivity index (χ0) is 19.2. The molecule has 27 heavy (non-hydrogen) atoms. The Kier molecular flexibility index (Phi) is 6.46. The molecule has 1 aromatic carbocycles. The van der Waals surface area contributed by atoms with Crippen LogP contribution >= 0.6 is 11.3 Å². The standard InChI is InChI=1S/C18H21FN4O3S/c1-26-18(25)13-6-8-23(9-7-13)11-15-21-22-17(27-15)16(24)20-10-12-2-4-14(19)5-3-12/h2-5,13H,6-11H2,1H3,(H,20,24). The van der Waals surface area contributed by atoms with Crippen molar-refractivity contribution in [2.45, 2.75) is 25.9 Å². The number of piperidine rings is 1. The maximum Gasteiger partial charge on any atom is 0.308 e. The van der Waals surface area contributed by atoms with Crippen LogP contribution in [-0.2, 0) is 22.6 Å². The van der Waals surface area contributed by atoms with E-state index in [1.165, 1.54) is 30.6 Å². The van der Waals surface area contributed by atoms with Crippen LogP contribution in [0.1, 0.15) is 33.2 Å². The van der Waals surface area contributed by atoms with Crippen LogP contribution in [0.25, 0.3) is 0 Å². The largest absolute Gasteiger partial charge is 0.469 e. The number of carbonyl (C=O) groups is 2. The maximum atomic E-state index is 12.9. The Morgan fingerprint density at radius 3 is 2.63 bits per heavy atom. The molecule has 1 aromatic heterocycles. The van der Waals surface area contributed by atoms with Crippen molar-refractivity contribution in [3.05, 3.63) is 45.7 Å². The summed E-state index contributed by atoms with van der Waals surface area (Å²) in [5, 5.41) is 11.9. The molecule has 0 atom stereocenters. The van der Waals surface area contributed by atoms with Crippen LogP contribution in [0.15, 0.2) is 24.3 Å². The van der Waals surface area contributed by atoms with Crippen molar-refractivity contribution < 1.29 is 18.7 Å². The minimum Gasteiger partial charge on any atom is -0.469 e. The van der Waals surface area contributed by atoms with Crippen LogP contribution in [0.2, 0.25) is 0 Å². The minimum atomic E-state index is -0.311. The Hall–Kier alpha value is -2.39. The smallest absolute Gasteiger partial charge is 0.308 e. The molecule has 144 valence electrons. The van der Waals surface area contributed by atoms with E-state index < -0.39 is 0 Å². The fourth-order valence-corrected chi connectivity index (χ4v) is 3.75. The lowest BCUT2D eigenvalue weighted by molar-refractivity contribution is -0.147. The average Bonchev–Trinajstić information content (AvgIpc) is 3.16. The lowest BCUT2D eigenvalue weighted by Crippen LogP contribution is -2.36. The molecular formula is C18H21FN4O3S. The van der Waals surface area contributed by atoms with E-state index in [0.717, 1.165) is 36.5 Å². The van der Waals surface area contributed by atoms with E-state index in [1.54, 1.807) is 12.1 Å². The number of hydrogen-bond donors (Lipinski definition) is 1. The fraction of sp³-hybridized carbons (Fsp3) is 0.444. The topological polar surface area (TPSA) is 84.4 Å². The lowest BCUT2D eigenvalue weighted by atomic mass is 9.97. The Morgan fingerprint density at radius 1 is 1.26 bits per heavy atom. The van der Waals surface area contributed by atoms with Gasteiger partial charge in [0.2, 0.25) is 5.01 Å². The highest BCUT2D eigenvalue weighted by Crippen LogP contribution is 2.21. The van der Waals surface area contributed by atoms with E-state index in [1.807, 2.05) is 0 Å². The van der Waals surface area contributed by atoms with Crippen LogP contribution < -0.4 is 5.32 Å². The minimum absolute atomic E-state index is 0.0338.